The van der Waals surface area contributed by atoms with Crippen LogP contribution in [-0.2, 0) is 13.6 Å². The second-order valence-electron chi connectivity index (χ2n) is 6.25. The van der Waals surface area contributed by atoms with Crippen molar-refractivity contribution in [2.24, 2.45) is 7.05 Å². The molecular formula is C18H22Cl2N4O3. The molecule has 0 amide bonds. The van der Waals surface area contributed by atoms with E-state index in [4.69, 9.17) is 28.9 Å². The number of carbonyl (C=O) groups excluding carboxylic acids is 1. The molecule has 2 aromatic rings. The average molecular weight is 413 g/mol. The van der Waals surface area contributed by atoms with Gasteiger partial charge in [-0.2, -0.15) is 0 Å². The van der Waals surface area contributed by atoms with E-state index in [-0.39, 0.29) is 24.0 Å². The number of nitrogens with two attached hydrogens (primary N) is 1. The molecule has 1 atom stereocenters. The molecule has 146 valence electrons. The van der Waals surface area contributed by atoms with E-state index in [1.54, 1.807) is 18.2 Å². The molecule has 1 heterocycles. The monoisotopic (exact) mass is 412 g/mol. The molecule has 3 N–H and O–H groups in total. The van der Waals surface area contributed by atoms with E-state index in [1.165, 1.54) is 11.6 Å². The quantitative estimate of drug-likeness (QED) is 0.679. The van der Waals surface area contributed by atoms with Crippen molar-refractivity contribution in [3.8, 4) is 0 Å². The minimum absolute atomic E-state index is 0.103. The predicted octanol–water partition coefficient (Wildman–Crippen LogP) is 2.38. The maximum Gasteiger partial charge on any atom is 0.332 e. The van der Waals surface area contributed by atoms with Crippen molar-refractivity contribution in [2.45, 2.75) is 32.9 Å². The van der Waals surface area contributed by atoms with E-state index in [2.05, 4.69) is 5.32 Å². The highest BCUT2D eigenvalue weighted by atomic mass is 35.5. The number of ketones is 1. The molecule has 1 aromatic heterocycles. The van der Waals surface area contributed by atoms with Crippen molar-refractivity contribution < 1.29 is 4.79 Å². The fraction of sp³-hybridized carbons (Fsp3) is 0.389. The molecule has 0 aliphatic heterocycles. The highest BCUT2D eigenvalue weighted by Gasteiger charge is 2.22. The Hall–Kier alpha value is -2.09. The lowest BCUT2D eigenvalue weighted by Crippen LogP contribution is -2.43. The number of nitrogen functional groups attached to an aromatic ring is 1. The van der Waals surface area contributed by atoms with Gasteiger partial charge in [0.2, 0.25) is 0 Å². The summed E-state index contributed by atoms with van der Waals surface area (Å²) in [7, 11) is 1.33. The van der Waals surface area contributed by atoms with Crippen LogP contribution < -0.4 is 22.3 Å². The van der Waals surface area contributed by atoms with Gasteiger partial charge in [-0.1, -0.05) is 36.2 Å². The van der Waals surface area contributed by atoms with Crippen molar-refractivity contribution in [3.05, 3.63) is 60.2 Å². The zero-order valence-electron chi connectivity index (χ0n) is 15.4. The van der Waals surface area contributed by atoms with Gasteiger partial charge in [0.05, 0.1) is 6.54 Å². The number of anilines is 1. The molecule has 0 unspecified atom stereocenters. The lowest BCUT2D eigenvalue weighted by molar-refractivity contribution is 0.0986. The number of nitrogens with one attached hydrogen (secondary N) is 1. The standard InChI is InChI=1S/C18H22Cl2N4O3/c1-4-7-24-16(21)15(17(26)23(3)18(24)27)14(25)9-22-10(2)12-6-5-11(19)8-13(12)20/h5-6,8,10,22H,4,7,9,21H2,1-3H3/t10-/m1/s1. The van der Waals surface area contributed by atoms with Gasteiger partial charge in [-0.3, -0.25) is 18.7 Å². The average Bonchev–Trinajstić information content (AvgIpc) is 2.61. The number of rotatable bonds is 7. The van der Waals surface area contributed by atoms with E-state index in [9.17, 15) is 14.4 Å². The van der Waals surface area contributed by atoms with Crippen molar-refractivity contribution in [3.63, 3.8) is 0 Å². The van der Waals surface area contributed by atoms with Crippen LogP contribution in [0.5, 0.6) is 0 Å². The normalized spacial score (nSPS) is 12.2. The van der Waals surface area contributed by atoms with E-state index in [0.717, 1.165) is 10.1 Å². The van der Waals surface area contributed by atoms with Gasteiger partial charge in [0.1, 0.15) is 11.4 Å². The highest BCUT2D eigenvalue weighted by Crippen LogP contribution is 2.26. The predicted molar refractivity (Wildman–Crippen MR) is 108 cm³/mol. The number of hydrogen-bond acceptors (Lipinski definition) is 5. The number of hydrogen-bond donors (Lipinski definition) is 2. The molecule has 2 rings (SSSR count). The third-order valence-corrected chi connectivity index (χ3v) is 4.87. The topological polar surface area (TPSA) is 99.1 Å². The van der Waals surface area contributed by atoms with Gasteiger partial charge in [-0.15, -0.1) is 0 Å². The van der Waals surface area contributed by atoms with Crippen LogP contribution >= 0.6 is 23.2 Å². The lowest BCUT2D eigenvalue weighted by Gasteiger charge is -2.17. The van der Waals surface area contributed by atoms with E-state index < -0.39 is 17.0 Å². The minimum Gasteiger partial charge on any atom is -0.384 e. The molecule has 0 fully saturated rings. The molecule has 0 spiro atoms. The third-order valence-electron chi connectivity index (χ3n) is 4.31. The van der Waals surface area contributed by atoms with Crippen LogP contribution in [0.4, 0.5) is 5.82 Å². The zero-order chi connectivity index (χ0) is 20.3. The fourth-order valence-corrected chi connectivity index (χ4v) is 3.35. The summed E-state index contributed by atoms with van der Waals surface area (Å²) in [4.78, 5) is 37.2. The molecular weight excluding hydrogens is 391 g/mol. The molecule has 7 nitrogen and oxygen atoms in total. The maximum absolute atomic E-state index is 12.7. The van der Waals surface area contributed by atoms with Gasteiger partial charge in [-0.05, 0) is 31.0 Å². The summed E-state index contributed by atoms with van der Waals surface area (Å²) in [5.74, 6) is -0.594. The van der Waals surface area contributed by atoms with Crippen LogP contribution in [0.15, 0.2) is 27.8 Å². The Morgan fingerprint density at radius 1 is 1.30 bits per heavy atom. The lowest BCUT2D eigenvalue weighted by atomic mass is 10.1. The molecule has 9 heteroatoms. The first-order valence-corrected chi connectivity index (χ1v) is 9.25. The second-order valence-corrected chi connectivity index (χ2v) is 7.09. The van der Waals surface area contributed by atoms with Crippen molar-refractivity contribution in [1.29, 1.82) is 0 Å². The smallest absolute Gasteiger partial charge is 0.332 e. The van der Waals surface area contributed by atoms with E-state index >= 15 is 0 Å². The van der Waals surface area contributed by atoms with Crippen LogP contribution in [0.1, 0.15) is 42.2 Å². The Kier molecular flexibility index (Phi) is 6.86. The van der Waals surface area contributed by atoms with E-state index in [0.29, 0.717) is 23.0 Å². The Labute approximate surface area is 166 Å². The summed E-state index contributed by atoms with van der Waals surface area (Å²) in [6.45, 7) is 3.90. The van der Waals surface area contributed by atoms with Gasteiger partial charge >= 0.3 is 5.69 Å². The summed E-state index contributed by atoms with van der Waals surface area (Å²) < 4.78 is 2.15. The molecule has 27 heavy (non-hydrogen) atoms. The highest BCUT2D eigenvalue weighted by molar-refractivity contribution is 6.35. The summed E-state index contributed by atoms with van der Waals surface area (Å²) in [5, 5.41) is 4.02. The van der Waals surface area contributed by atoms with Gasteiger partial charge in [0.25, 0.3) is 5.56 Å². The minimum atomic E-state index is -0.700. The first-order chi connectivity index (χ1) is 12.7. The summed E-state index contributed by atoms with van der Waals surface area (Å²) in [6.07, 6.45) is 0.639. The molecule has 0 aliphatic rings. The summed E-state index contributed by atoms with van der Waals surface area (Å²) in [6, 6.07) is 4.83. The van der Waals surface area contributed by atoms with Crippen molar-refractivity contribution >= 4 is 34.8 Å². The number of carbonyl (C=O) groups is 1. The second kappa shape index (κ2) is 8.73. The van der Waals surface area contributed by atoms with Crippen LogP contribution in [0.3, 0.4) is 0 Å². The number of Topliss-reactive ketones (excluding diaryl/α,β-unsaturated/α-hetero) is 1. The molecule has 1 aromatic carbocycles. The SMILES string of the molecule is CCCn1c(N)c(C(=O)CN[C@H](C)c2ccc(Cl)cc2Cl)c(=O)n(C)c1=O. The van der Waals surface area contributed by atoms with E-state index in [1.807, 2.05) is 13.8 Å². The Balaban J connectivity index is 2.28. The summed E-state index contributed by atoms with van der Waals surface area (Å²) >= 11 is 12.1. The first kappa shape index (κ1) is 21.2. The molecule has 0 bridgehead atoms. The maximum atomic E-state index is 12.7. The Morgan fingerprint density at radius 3 is 2.56 bits per heavy atom. The largest absolute Gasteiger partial charge is 0.384 e. The molecule has 0 aliphatic carbocycles. The van der Waals surface area contributed by atoms with Crippen molar-refractivity contribution in [1.82, 2.24) is 14.5 Å². The molecule has 0 saturated heterocycles. The summed E-state index contributed by atoms with van der Waals surface area (Å²) in [5.41, 5.74) is 5.31. The number of aromatic nitrogens is 2. The zero-order valence-corrected chi connectivity index (χ0v) is 16.9. The third kappa shape index (κ3) is 4.43. The van der Waals surface area contributed by atoms with Crippen LogP contribution in [0.25, 0.3) is 0 Å². The Morgan fingerprint density at radius 2 is 1.96 bits per heavy atom. The van der Waals surface area contributed by atoms with Crippen LogP contribution in [0, 0.1) is 0 Å². The number of nitrogens with zero attached hydrogens (tertiary/aromatic N) is 2. The van der Waals surface area contributed by atoms with Gasteiger partial charge in [0, 0.05) is 29.7 Å². The van der Waals surface area contributed by atoms with Crippen LogP contribution in [0.2, 0.25) is 10.0 Å². The van der Waals surface area contributed by atoms with Gasteiger partial charge in [0.15, 0.2) is 5.78 Å². The van der Waals surface area contributed by atoms with Gasteiger partial charge < -0.3 is 11.1 Å². The molecule has 0 radical (unpaired) electrons. The van der Waals surface area contributed by atoms with Crippen LogP contribution in [-0.4, -0.2) is 21.5 Å². The first-order valence-electron chi connectivity index (χ1n) is 8.49. The van der Waals surface area contributed by atoms with Crippen molar-refractivity contribution in [2.75, 3.05) is 12.3 Å². The number of halogens is 2. The fourth-order valence-electron chi connectivity index (χ4n) is 2.78. The molecule has 0 saturated carbocycles. The van der Waals surface area contributed by atoms with Gasteiger partial charge in [-0.25, -0.2) is 4.79 Å². The number of benzene rings is 1. The Bertz CT molecular complexity index is 982.